The van der Waals surface area contributed by atoms with Gasteiger partial charge in [0.15, 0.2) is 0 Å². The summed E-state index contributed by atoms with van der Waals surface area (Å²) in [4.78, 5) is 0. The number of rotatable bonds is 1. The summed E-state index contributed by atoms with van der Waals surface area (Å²) in [5, 5.41) is 0. The van der Waals surface area contributed by atoms with Crippen LogP contribution in [0.3, 0.4) is 0 Å². The molecule has 0 spiro atoms. The topological polar surface area (TPSA) is 0 Å². The van der Waals surface area contributed by atoms with Gasteiger partial charge in [0.2, 0.25) is 0 Å². The van der Waals surface area contributed by atoms with E-state index in [0.717, 1.165) is 0 Å². The summed E-state index contributed by atoms with van der Waals surface area (Å²) in [6.45, 7) is 8.73. The molecule has 0 saturated carbocycles. The molecule has 12 heavy (non-hydrogen) atoms. The molecule has 0 aliphatic heterocycles. The number of allylic oxidation sites excluding steroid dienone is 6. The summed E-state index contributed by atoms with van der Waals surface area (Å²) in [7, 11) is 0. The average Bonchev–Trinajstić information content (AvgIpc) is 1.94. The standard InChI is InChI=1S/C12H18/c1-9(2)7-12-6-5-10(3)8-11(12)4/h7-8H,5-6H2,1-4H3. The predicted molar refractivity (Wildman–Crippen MR) is 55.1 cm³/mol. The van der Waals surface area contributed by atoms with Crippen LogP contribution in [-0.2, 0) is 0 Å². The third-order valence-corrected chi connectivity index (χ3v) is 2.22. The van der Waals surface area contributed by atoms with Crippen LogP contribution in [0.1, 0.15) is 40.5 Å². The largest absolute Gasteiger partial charge is 0.0762 e. The molecule has 0 heterocycles. The van der Waals surface area contributed by atoms with Crippen LogP contribution in [0.4, 0.5) is 0 Å². The summed E-state index contributed by atoms with van der Waals surface area (Å²) < 4.78 is 0. The van der Waals surface area contributed by atoms with E-state index < -0.39 is 0 Å². The van der Waals surface area contributed by atoms with Gasteiger partial charge in [-0.1, -0.05) is 23.3 Å². The summed E-state index contributed by atoms with van der Waals surface area (Å²) in [6.07, 6.45) is 7.06. The highest BCUT2D eigenvalue weighted by Crippen LogP contribution is 2.24. The van der Waals surface area contributed by atoms with Crippen LogP contribution in [0.25, 0.3) is 0 Å². The first-order valence-electron chi connectivity index (χ1n) is 4.61. The zero-order valence-corrected chi connectivity index (χ0v) is 8.57. The molecule has 0 aromatic rings. The maximum absolute atomic E-state index is 2.30. The van der Waals surface area contributed by atoms with E-state index in [0.29, 0.717) is 0 Å². The van der Waals surface area contributed by atoms with Crippen molar-refractivity contribution in [2.45, 2.75) is 40.5 Å². The Balaban J connectivity index is 2.90. The van der Waals surface area contributed by atoms with E-state index >= 15 is 0 Å². The molecule has 1 aliphatic rings. The molecule has 0 N–H and O–H groups in total. The SMILES string of the molecule is CC(C)=CC1=C(C)C=C(C)CC1. The van der Waals surface area contributed by atoms with Crippen LogP contribution in [-0.4, -0.2) is 0 Å². The van der Waals surface area contributed by atoms with Gasteiger partial charge in [0, 0.05) is 0 Å². The molecule has 0 bridgehead atoms. The van der Waals surface area contributed by atoms with Crippen LogP contribution in [0.2, 0.25) is 0 Å². The highest BCUT2D eigenvalue weighted by atomic mass is 14.1. The molecule has 0 heteroatoms. The Hall–Kier alpha value is -0.780. The Bertz CT molecular complexity index is 258. The van der Waals surface area contributed by atoms with Gasteiger partial charge >= 0.3 is 0 Å². The van der Waals surface area contributed by atoms with Gasteiger partial charge < -0.3 is 0 Å². The highest BCUT2D eigenvalue weighted by Gasteiger charge is 2.05. The lowest BCUT2D eigenvalue weighted by molar-refractivity contribution is 0.907. The first kappa shape index (κ1) is 9.31. The van der Waals surface area contributed by atoms with Gasteiger partial charge in [-0.25, -0.2) is 0 Å². The molecule has 0 aromatic heterocycles. The molecule has 0 fully saturated rings. The van der Waals surface area contributed by atoms with Gasteiger partial charge in [-0.15, -0.1) is 0 Å². The minimum Gasteiger partial charge on any atom is -0.0762 e. The first-order valence-corrected chi connectivity index (χ1v) is 4.61. The van der Waals surface area contributed by atoms with Crippen LogP contribution < -0.4 is 0 Å². The summed E-state index contributed by atoms with van der Waals surface area (Å²) >= 11 is 0. The molecule has 0 atom stereocenters. The zero-order chi connectivity index (χ0) is 9.14. The van der Waals surface area contributed by atoms with Gasteiger partial charge in [-0.3, -0.25) is 0 Å². The van der Waals surface area contributed by atoms with Crippen LogP contribution in [0.5, 0.6) is 0 Å². The van der Waals surface area contributed by atoms with Crippen LogP contribution in [0, 0.1) is 0 Å². The maximum Gasteiger partial charge on any atom is -0.0239 e. The summed E-state index contributed by atoms with van der Waals surface area (Å²) in [6, 6.07) is 0. The molecular formula is C12H18. The summed E-state index contributed by atoms with van der Waals surface area (Å²) in [5.74, 6) is 0. The molecule has 0 nitrogen and oxygen atoms in total. The Labute approximate surface area is 75.7 Å². The normalized spacial score (nSPS) is 17.5. The monoisotopic (exact) mass is 162 g/mol. The Kier molecular flexibility index (Phi) is 2.91. The molecule has 0 aromatic carbocycles. The van der Waals surface area contributed by atoms with E-state index in [4.69, 9.17) is 0 Å². The van der Waals surface area contributed by atoms with Crippen molar-refractivity contribution in [3.05, 3.63) is 34.4 Å². The van der Waals surface area contributed by atoms with Gasteiger partial charge in [-0.2, -0.15) is 0 Å². The molecule has 0 unspecified atom stereocenters. The van der Waals surface area contributed by atoms with Gasteiger partial charge in [0.25, 0.3) is 0 Å². The number of hydrogen-bond donors (Lipinski definition) is 0. The lowest BCUT2D eigenvalue weighted by atomic mass is 9.93. The van der Waals surface area contributed by atoms with E-state index in [-0.39, 0.29) is 0 Å². The van der Waals surface area contributed by atoms with E-state index in [1.807, 2.05) is 0 Å². The van der Waals surface area contributed by atoms with Crippen molar-refractivity contribution in [1.29, 1.82) is 0 Å². The lowest BCUT2D eigenvalue weighted by Crippen LogP contribution is -1.93. The van der Waals surface area contributed by atoms with E-state index in [1.165, 1.54) is 35.1 Å². The molecule has 0 saturated heterocycles. The highest BCUT2D eigenvalue weighted by molar-refractivity contribution is 5.38. The average molecular weight is 162 g/mol. The smallest absolute Gasteiger partial charge is 0.0239 e. The summed E-state index contributed by atoms with van der Waals surface area (Å²) in [5.41, 5.74) is 5.87. The fourth-order valence-corrected chi connectivity index (χ4v) is 1.60. The van der Waals surface area contributed by atoms with Crippen LogP contribution in [0.15, 0.2) is 34.4 Å². The lowest BCUT2D eigenvalue weighted by Gasteiger charge is -2.13. The molecule has 1 aliphatic carbocycles. The van der Waals surface area contributed by atoms with Crippen molar-refractivity contribution in [2.24, 2.45) is 0 Å². The van der Waals surface area contributed by atoms with Crippen molar-refractivity contribution >= 4 is 0 Å². The minimum atomic E-state index is 1.22. The van der Waals surface area contributed by atoms with Crippen molar-refractivity contribution in [1.82, 2.24) is 0 Å². The van der Waals surface area contributed by atoms with Crippen molar-refractivity contribution in [2.75, 3.05) is 0 Å². The van der Waals surface area contributed by atoms with Gasteiger partial charge in [0.1, 0.15) is 0 Å². The second kappa shape index (κ2) is 3.75. The molecule has 0 radical (unpaired) electrons. The van der Waals surface area contributed by atoms with Crippen molar-refractivity contribution in [3.63, 3.8) is 0 Å². The van der Waals surface area contributed by atoms with Gasteiger partial charge in [-0.05, 0) is 51.7 Å². The predicted octanol–water partition coefficient (Wildman–Crippen LogP) is 4.01. The molecule has 0 amide bonds. The fraction of sp³-hybridized carbons (Fsp3) is 0.500. The minimum absolute atomic E-state index is 1.22. The molecule has 1 rings (SSSR count). The third kappa shape index (κ3) is 2.37. The Morgan fingerprint density at radius 3 is 2.42 bits per heavy atom. The van der Waals surface area contributed by atoms with Crippen molar-refractivity contribution in [3.8, 4) is 0 Å². The molecular weight excluding hydrogens is 144 g/mol. The van der Waals surface area contributed by atoms with Crippen molar-refractivity contribution < 1.29 is 0 Å². The number of hydrogen-bond acceptors (Lipinski definition) is 0. The molecule has 66 valence electrons. The Morgan fingerprint density at radius 1 is 1.25 bits per heavy atom. The van der Waals surface area contributed by atoms with Crippen LogP contribution >= 0.6 is 0 Å². The fourth-order valence-electron chi connectivity index (χ4n) is 1.60. The second-order valence-electron chi connectivity index (χ2n) is 3.92. The van der Waals surface area contributed by atoms with E-state index in [1.54, 1.807) is 0 Å². The second-order valence-corrected chi connectivity index (χ2v) is 3.92. The maximum atomic E-state index is 2.30. The zero-order valence-electron chi connectivity index (χ0n) is 8.57. The van der Waals surface area contributed by atoms with E-state index in [2.05, 4.69) is 39.8 Å². The quantitative estimate of drug-likeness (QED) is 0.546. The third-order valence-electron chi connectivity index (χ3n) is 2.22. The van der Waals surface area contributed by atoms with E-state index in [9.17, 15) is 0 Å². The Morgan fingerprint density at radius 2 is 1.92 bits per heavy atom. The van der Waals surface area contributed by atoms with Gasteiger partial charge in [0.05, 0.1) is 0 Å². The first-order chi connectivity index (χ1) is 5.59.